The molecule has 0 aliphatic rings. The summed E-state index contributed by atoms with van der Waals surface area (Å²) in [5.41, 5.74) is -1.91. The summed E-state index contributed by atoms with van der Waals surface area (Å²) in [5, 5.41) is -2.42. The van der Waals surface area contributed by atoms with Gasteiger partial charge in [0, 0.05) is 54.7 Å². The van der Waals surface area contributed by atoms with Gasteiger partial charge >= 0.3 is 0 Å². The second-order valence-corrected chi connectivity index (χ2v) is 14.4. The highest BCUT2D eigenvalue weighted by molar-refractivity contribution is 6.24. The molecule has 0 unspecified atom stereocenters. The molecule has 0 bridgehead atoms. The summed E-state index contributed by atoms with van der Waals surface area (Å²) in [4.78, 5) is 14.6. The molecular formula is C57H35N5O. The molecule has 0 spiro atoms. The van der Waals surface area contributed by atoms with Crippen molar-refractivity contribution < 1.29 is 33.2 Å². The third-order valence-electron chi connectivity index (χ3n) is 10.9. The van der Waals surface area contributed by atoms with Crippen molar-refractivity contribution in [1.29, 1.82) is 0 Å². The van der Waals surface area contributed by atoms with Crippen molar-refractivity contribution in [3.8, 4) is 56.7 Å². The lowest BCUT2D eigenvalue weighted by Gasteiger charge is -2.11. The Morgan fingerprint density at radius 2 is 0.905 bits per heavy atom. The third-order valence-corrected chi connectivity index (χ3v) is 10.9. The van der Waals surface area contributed by atoms with Gasteiger partial charge in [0.05, 0.1) is 56.5 Å². The molecular weight excluding hydrogens is 771 g/mol. The summed E-state index contributed by atoms with van der Waals surface area (Å²) in [6.07, 6.45) is 0. The van der Waals surface area contributed by atoms with Gasteiger partial charge in [-0.2, -0.15) is 0 Å². The standard InChI is InChI=1S/C57H35N5O/c1-4-16-36(17-5-1)37-30-32-39(33-31-37)56-58-55(38-18-6-2-7-19-38)59-57(60-56)46-25-15-28-49-51(46)45-35-34-44-43-24-14-29-50(53(43)63-54(44)52(45)61(49)40-20-8-3-9-21-40)62-47-26-12-10-22-41(47)42-23-11-13-27-48(42)62/h1-35H/i3D,8D,9D,10D,11D,12D,13D,14D,15D,20D,21D,22D,23D,24D,25D,26D,27D,28D,29D,34D,35D. The van der Waals surface area contributed by atoms with Crippen LogP contribution in [0.5, 0.6) is 0 Å². The highest BCUT2D eigenvalue weighted by atomic mass is 16.3. The molecule has 0 amide bonds. The van der Waals surface area contributed by atoms with Crippen LogP contribution in [0.15, 0.2) is 216 Å². The van der Waals surface area contributed by atoms with E-state index < -0.39 is 193 Å². The number of fused-ring (bicyclic) bond motifs is 10. The number of para-hydroxylation sites is 4. The Labute approximate surface area is 391 Å². The van der Waals surface area contributed by atoms with E-state index >= 15 is 0 Å². The van der Waals surface area contributed by atoms with Crippen LogP contribution in [-0.4, -0.2) is 24.1 Å². The molecule has 13 rings (SSSR count). The van der Waals surface area contributed by atoms with Gasteiger partial charge in [-0.1, -0.05) is 170 Å². The first kappa shape index (κ1) is 20.3. The zero-order valence-electron chi connectivity index (χ0n) is 53.2. The number of rotatable bonds is 6. The monoisotopic (exact) mass is 826 g/mol. The van der Waals surface area contributed by atoms with Crippen LogP contribution in [0.25, 0.3) is 122 Å². The van der Waals surface area contributed by atoms with Crippen molar-refractivity contribution in [1.82, 2.24) is 24.1 Å². The first-order valence-electron chi connectivity index (χ1n) is 30.0. The fourth-order valence-corrected chi connectivity index (χ4v) is 8.15. The van der Waals surface area contributed by atoms with Crippen molar-refractivity contribution >= 4 is 65.6 Å². The van der Waals surface area contributed by atoms with Gasteiger partial charge < -0.3 is 13.6 Å². The molecule has 0 saturated carbocycles. The van der Waals surface area contributed by atoms with Crippen molar-refractivity contribution in [3.63, 3.8) is 0 Å². The topological polar surface area (TPSA) is 61.7 Å². The number of nitrogens with zero attached hydrogens (tertiary/aromatic N) is 5. The second-order valence-electron chi connectivity index (χ2n) is 14.4. The van der Waals surface area contributed by atoms with Gasteiger partial charge in [-0.25, -0.2) is 15.0 Å². The molecule has 13 aromatic rings. The fraction of sp³-hybridized carbons (Fsp3) is 0. The summed E-state index contributed by atoms with van der Waals surface area (Å²) in [5.74, 6) is -0.147. The summed E-state index contributed by atoms with van der Waals surface area (Å²) >= 11 is 0. The molecule has 0 radical (unpaired) electrons. The SMILES string of the molecule is [2H]c1c([2H])c([2H])c(-n2c3c([2H])c([2H])c([2H])c(-c4nc(-c5ccccc5)nc(-c5ccc(-c6ccccc6)cc5)n4)c3c3c([2H])c([2H])c4c(oc5c(-n6c7c([2H])c([2H])c([2H])c([2H])c7c7c([2H])c([2H])c([2H])c([2H])c76)c([2H])c([2H])c([2H])c54)c32)c([2H])c1[2H]. The highest BCUT2D eigenvalue weighted by Gasteiger charge is 2.25. The van der Waals surface area contributed by atoms with Crippen molar-refractivity contribution in [3.05, 3.63) is 212 Å². The minimum absolute atomic E-state index is 0.0708. The highest BCUT2D eigenvalue weighted by Crippen LogP contribution is 2.45. The average molecular weight is 827 g/mol. The van der Waals surface area contributed by atoms with Crippen LogP contribution in [0.1, 0.15) is 28.8 Å². The largest absolute Gasteiger partial charge is 0.452 e. The van der Waals surface area contributed by atoms with Crippen LogP contribution in [-0.2, 0) is 0 Å². The first-order valence-corrected chi connectivity index (χ1v) is 19.5. The molecule has 0 aliphatic carbocycles. The van der Waals surface area contributed by atoms with Crippen molar-refractivity contribution in [2.45, 2.75) is 0 Å². The Morgan fingerprint density at radius 3 is 1.62 bits per heavy atom. The van der Waals surface area contributed by atoms with Gasteiger partial charge in [0.1, 0.15) is 0 Å². The molecule has 4 aromatic heterocycles. The molecule has 0 fully saturated rings. The molecule has 0 N–H and O–H groups in total. The number of benzene rings is 9. The number of hydrogen-bond acceptors (Lipinski definition) is 4. The van der Waals surface area contributed by atoms with E-state index in [2.05, 4.69) is 0 Å². The van der Waals surface area contributed by atoms with Gasteiger partial charge in [0.15, 0.2) is 28.6 Å². The van der Waals surface area contributed by atoms with E-state index in [0.717, 1.165) is 20.3 Å². The van der Waals surface area contributed by atoms with Gasteiger partial charge in [-0.05, 0) is 53.4 Å². The van der Waals surface area contributed by atoms with Crippen LogP contribution in [0, 0.1) is 0 Å². The van der Waals surface area contributed by atoms with Gasteiger partial charge in [-0.3, -0.25) is 0 Å². The quantitative estimate of drug-likeness (QED) is 0.168. The lowest BCUT2D eigenvalue weighted by atomic mass is 10.0. The van der Waals surface area contributed by atoms with E-state index in [1.807, 2.05) is 42.5 Å². The van der Waals surface area contributed by atoms with E-state index in [4.69, 9.17) is 31.7 Å². The molecule has 63 heavy (non-hydrogen) atoms. The molecule has 6 heteroatoms. The minimum Gasteiger partial charge on any atom is -0.452 e. The Kier molecular flexibility index (Phi) is 4.50. The molecule has 294 valence electrons. The maximum atomic E-state index is 10.1. The Hall–Kier alpha value is -8.61. The number of hydrogen-bond donors (Lipinski definition) is 0. The summed E-state index contributed by atoms with van der Waals surface area (Å²) in [7, 11) is 0. The second kappa shape index (κ2) is 14.0. The summed E-state index contributed by atoms with van der Waals surface area (Å²) in [6, 6.07) is 8.83. The maximum absolute atomic E-state index is 10.1. The van der Waals surface area contributed by atoms with Crippen LogP contribution in [0.3, 0.4) is 0 Å². The zero-order valence-corrected chi connectivity index (χ0v) is 32.2. The summed E-state index contributed by atoms with van der Waals surface area (Å²) in [6.45, 7) is 0. The van der Waals surface area contributed by atoms with Gasteiger partial charge in [0.25, 0.3) is 0 Å². The first-order chi connectivity index (χ1) is 40.0. The number of furan rings is 1. The van der Waals surface area contributed by atoms with E-state index in [1.54, 1.807) is 42.5 Å². The maximum Gasteiger partial charge on any atom is 0.164 e. The van der Waals surface area contributed by atoms with Crippen molar-refractivity contribution in [2.24, 2.45) is 0 Å². The number of aromatic nitrogens is 5. The smallest absolute Gasteiger partial charge is 0.164 e. The normalized spacial score (nSPS) is 16.5. The van der Waals surface area contributed by atoms with E-state index in [9.17, 15) is 16.4 Å². The lowest BCUT2D eigenvalue weighted by Crippen LogP contribution is -2.00. The predicted molar refractivity (Wildman–Crippen MR) is 258 cm³/mol. The van der Waals surface area contributed by atoms with E-state index in [0.29, 0.717) is 11.1 Å². The molecule has 6 nitrogen and oxygen atoms in total. The molecule has 9 aromatic carbocycles. The van der Waals surface area contributed by atoms with E-state index in [-0.39, 0.29) is 33.8 Å². The molecule has 0 aliphatic heterocycles. The fourth-order valence-electron chi connectivity index (χ4n) is 8.15. The Bertz CT molecular complexity index is 5040. The van der Waals surface area contributed by atoms with Crippen LogP contribution in [0.4, 0.5) is 0 Å². The minimum atomic E-state index is -0.878. The van der Waals surface area contributed by atoms with Gasteiger partial charge in [0.2, 0.25) is 0 Å². The Morgan fingerprint density at radius 1 is 0.381 bits per heavy atom. The predicted octanol–water partition coefficient (Wildman–Crippen LogP) is 14.6. The third kappa shape index (κ3) is 5.48. The van der Waals surface area contributed by atoms with Crippen LogP contribution < -0.4 is 0 Å². The van der Waals surface area contributed by atoms with E-state index in [1.165, 1.54) is 0 Å². The van der Waals surface area contributed by atoms with Crippen LogP contribution >= 0.6 is 0 Å². The average Bonchev–Trinajstić information content (AvgIpc) is 1.80. The van der Waals surface area contributed by atoms with Crippen LogP contribution in [0.2, 0.25) is 0 Å². The van der Waals surface area contributed by atoms with Gasteiger partial charge in [-0.15, -0.1) is 0 Å². The molecule has 0 saturated heterocycles. The Balaban J connectivity index is 1.25. The zero-order chi connectivity index (χ0) is 59.7. The summed E-state index contributed by atoms with van der Waals surface area (Å²) < 4.78 is 202. The van der Waals surface area contributed by atoms with Crippen molar-refractivity contribution in [2.75, 3.05) is 0 Å². The molecule has 0 atom stereocenters. The molecule has 4 heterocycles. The lowest BCUT2D eigenvalue weighted by molar-refractivity contribution is 0.668.